The first-order chi connectivity index (χ1) is 12.9. The Hall–Kier alpha value is -2.40. The van der Waals surface area contributed by atoms with Crippen molar-refractivity contribution >= 4 is 11.8 Å². The molecule has 0 saturated carbocycles. The lowest BCUT2D eigenvalue weighted by atomic mass is 9.87. The highest BCUT2D eigenvalue weighted by atomic mass is 32.2. The maximum Gasteiger partial charge on any atom is 0.192 e. The first kappa shape index (κ1) is 19.4. The van der Waals surface area contributed by atoms with Gasteiger partial charge in [0.1, 0.15) is 5.82 Å². The van der Waals surface area contributed by atoms with Gasteiger partial charge < -0.3 is 0 Å². The molecule has 0 N–H and O–H groups in total. The summed E-state index contributed by atoms with van der Waals surface area (Å²) in [6, 6.07) is 15.0. The first-order valence-electron chi connectivity index (χ1n) is 8.91. The molecule has 0 atom stereocenters. The second kappa shape index (κ2) is 8.09. The molecule has 0 saturated heterocycles. The SMILES string of the molecule is C=CCn1c(SCc2ccc(F)cc2)nnc1-c1ccc(C(C)(C)C)cc1. The summed E-state index contributed by atoms with van der Waals surface area (Å²) < 4.78 is 15.1. The van der Waals surface area contributed by atoms with Gasteiger partial charge in [-0.3, -0.25) is 4.57 Å². The normalized spacial score (nSPS) is 11.6. The van der Waals surface area contributed by atoms with E-state index in [2.05, 4.69) is 66.4 Å². The molecule has 1 aromatic heterocycles. The van der Waals surface area contributed by atoms with Crippen molar-refractivity contribution in [3.8, 4) is 11.4 Å². The fourth-order valence-electron chi connectivity index (χ4n) is 2.75. The molecule has 0 aliphatic heterocycles. The fourth-order valence-corrected chi connectivity index (χ4v) is 3.65. The fraction of sp³-hybridized carbons (Fsp3) is 0.273. The van der Waals surface area contributed by atoms with Gasteiger partial charge in [0.2, 0.25) is 0 Å². The van der Waals surface area contributed by atoms with Gasteiger partial charge in [-0.1, -0.05) is 75.0 Å². The average molecular weight is 382 g/mol. The van der Waals surface area contributed by atoms with Gasteiger partial charge in [0.25, 0.3) is 0 Å². The van der Waals surface area contributed by atoms with Crippen molar-refractivity contribution in [3.63, 3.8) is 0 Å². The van der Waals surface area contributed by atoms with E-state index in [1.54, 1.807) is 23.9 Å². The van der Waals surface area contributed by atoms with E-state index in [9.17, 15) is 4.39 Å². The van der Waals surface area contributed by atoms with Gasteiger partial charge in [-0.15, -0.1) is 16.8 Å². The summed E-state index contributed by atoms with van der Waals surface area (Å²) in [5, 5.41) is 9.60. The van der Waals surface area contributed by atoms with Crippen LogP contribution in [0, 0.1) is 5.82 Å². The van der Waals surface area contributed by atoms with Gasteiger partial charge in [-0.25, -0.2) is 4.39 Å². The summed E-state index contributed by atoms with van der Waals surface area (Å²) in [4.78, 5) is 0. The summed E-state index contributed by atoms with van der Waals surface area (Å²) in [7, 11) is 0. The molecule has 0 aliphatic rings. The molecule has 27 heavy (non-hydrogen) atoms. The van der Waals surface area contributed by atoms with Gasteiger partial charge in [0.05, 0.1) is 0 Å². The minimum absolute atomic E-state index is 0.115. The van der Waals surface area contributed by atoms with Crippen LogP contribution in [-0.4, -0.2) is 14.8 Å². The zero-order valence-corrected chi connectivity index (χ0v) is 16.8. The van der Waals surface area contributed by atoms with Gasteiger partial charge in [0.15, 0.2) is 11.0 Å². The quantitative estimate of drug-likeness (QED) is 0.396. The summed E-state index contributed by atoms with van der Waals surface area (Å²) >= 11 is 1.59. The lowest BCUT2D eigenvalue weighted by molar-refractivity contribution is 0.590. The van der Waals surface area contributed by atoms with Gasteiger partial charge in [-0.2, -0.15) is 0 Å². The number of allylic oxidation sites excluding steroid dienone is 1. The van der Waals surface area contributed by atoms with Crippen LogP contribution in [0.4, 0.5) is 4.39 Å². The third-order valence-electron chi connectivity index (χ3n) is 4.32. The van der Waals surface area contributed by atoms with Crippen molar-refractivity contribution < 1.29 is 4.39 Å². The lowest BCUT2D eigenvalue weighted by Gasteiger charge is -2.19. The Morgan fingerprint density at radius 1 is 1.04 bits per heavy atom. The maximum absolute atomic E-state index is 13.1. The van der Waals surface area contributed by atoms with Crippen molar-refractivity contribution in [1.82, 2.24) is 14.8 Å². The minimum atomic E-state index is -0.223. The Kier molecular flexibility index (Phi) is 5.80. The molecule has 0 radical (unpaired) electrons. The molecule has 140 valence electrons. The van der Waals surface area contributed by atoms with Gasteiger partial charge in [0, 0.05) is 17.9 Å². The highest BCUT2D eigenvalue weighted by Crippen LogP contribution is 2.29. The van der Waals surface area contributed by atoms with Crippen LogP contribution in [0.2, 0.25) is 0 Å². The predicted octanol–water partition coefficient (Wildman–Crippen LogP) is 5.86. The van der Waals surface area contributed by atoms with Crippen LogP contribution in [-0.2, 0) is 17.7 Å². The third-order valence-corrected chi connectivity index (χ3v) is 5.36. The molecular weight excluding hydrogens is 357 g/mol. The molecule has 0 unspecified atom stereocenters. The first-order valence-corrected chi connectivity index (χ1v) is 9.89. The lowest BCUT2D eigenvalue weighted by Crippen LogP contribution is -2.10. The monoisotopic (exact) mass is 381 g/mol. The number of nitrogens with zero attached hydrogens (tertiary/aromatic N) is 3. The molecule has 0 amide bonds. The Balaban J connectivity index is 1.84. The molecule has 3 nitrogen and oxygen atoms in total. The highest BCUT2D eigenvalue weighted by Gasteiger charge is 2.16. The topological polar surface area (TPSA) is 30.7 Å². The standard InChI is InChI=1S/C22H24FN3S/c1-5-14-26-20(17-8-10-18(11-9-17)22(2,3)4)24-25-21(26)27-15-16-6-12-19(23)13-7-16/h5-13H,1,14-15H2,2-4H3. The molecule has 2 aromatic carbocycles. The van der Waals surface area contributed by atoms with E-state index >= 15 is 0 Å². The predicted molar refractivity (Wildman–Crippen MR) is 110 cm³/mol. The number of rotatable bonds is 6. The highest BCUT2D eigenvalue weighted by molar-refractivity contribution is 7.98. The summed E-state index contributed by atoms with van der Waals surface area (Å²) in [6.45, 7) is 11.1. The van der Waals surface area contributed by atoms with Crippen LogP contribution >= 0.6 is 11.8 Å². The molecule has 1 heterocycles. The number of aromatic nitrogens is 3. The van der Waals surface area contributed by atoms with Gasteiger partial charge >= 0.3 is 0 Å². The number of benzene rings is 2. The van der Waals surface area contributed by atoms with Gasteiger partial charge in [-0.05, 0) is 28.7 Å². The third kappa shape index (κ3) is 4.66. The Bertz CT molecular complexity index is 906. The summed E-state index contributed by atoms with van der Waals surface area (Å²) in [6.07, 6.45) is 1.85. The van der Waals surface area contributed by atoms with Crippen molar-refractivity contribution in [2.45, 2.75) is 43.6 Å². The zero-order valence-electron chi connectivity index (χ0n) is 15.9. The van der Waals surface area contributed by atoms with Crippen molar-refractivity contribution in [1.29, 1.82) is 0 Å². The average Bonchev–Trinajstić information content (AvgIpc) is 3.04. The molecule has 0 aliphatic carbocycles. The molecule has 3 aromatic rings. The largest absolute Gasteiger partial charge is 0.298 e. The molecule has 0 spiro atoms. The zero-order chi connectivity index (χ0) is 19.4. The van der Waals surface area contributed by atoms with E-state index in [0.29, 0.717) is 12.3 Å². The summed E-state index contributed by atoms with van der Waals surface area (Å²) in [5.74, 6) is 1.31. The minimum Gasteiger partial charge on any atom is -0.298 e. The van der Waals surface area contributed by atoms with Crippen LogP contribution in [0.5, 0.6) is 0 Å². The molecule has 0 fully saturated rings. The Morgan fingerprint density at radius 2 is 1.70 bits per heavy atom. The van der Waals surface area contributed by atoms with E-state index in [4.69, 9.17) is 0 Å². The van der Waals surface area contributed by atoms with Crippen LogP contribution in [0.25, 0.3) is 11.4 Å². The van der Waals surface area contributed by atoms with E-state index in [1.165, 1.54) is 17.7 Å². The molecule has 5 heteroatoms. The Morgan fingerprint density at radius 3 is 2.30 bits per heavy atom. The number of halogens is 1. The number of hydrogen-bond acceptors (Lipinski definition) is 3. The van der Waals surface area contributed by atoms with E-state index in [-0.39, 0.29) is 11.2 Å². The van der Waals surface area contributed by atoms with E-state index in [0.717, 1.165) is 22.1 Å². The smallest absolute Gasteiger partial charge is 0.192 e. The molecular formula is C22H24FN3S. The van der Waals surface area contributed by atoms with E-state index < -0.39 is 0 Å². The van der Waals surface area contributed by atoms with E-state index in [1.807, 2.05) is 6.08 Å². The van der Waals surface area contributed by atoms with Crippen molar-refractivity contribution in [2.75, 3.05) is 0 Å². The van der Waals surface area contributed by atoms with Crippen LogP contribution in [0.15, 0.2) is 66.3 Å². The van der Waals surface area contributed by atoms with Crippen LogP contribution in [0.1, 0.15) is 31.9 Å². The molecule has 0 bridgehead atoms. The molecule has 3 rings (SSSR count). The number of hydrogen-bond donors (Lipinski definition) is 0. The maximum atomic E-state index is 13.1. The summed E-state index contributed by atoms with van der Waals surface area (Å²) in [5.41, 5.74) is 3.48. The van der Waals surface area contributed by atoms with Crippen LogP contribution in [0.3, 0.4) is 0 Å². The van der Waals surface area contributed by atoms with Crippen molar-refractivity contribution in [3.05, 3.63) is 78.1 Å². The second-order valence-corrected chi connectivity index (χ2v) is 8.39. The second-order valence-electron chi connectivity index (χ2n) is 7.45. The Labute approximate surface area is 164 Å². The number of thioether (sulfide) groups is 1. The van der Waals surface area contributed by atoms with Crippen molar-refractivity contribution in [2.24, 2.45) is 0 Å². The van der Waals surface area contributed by atoms with Crippen LogP contribution < -0.4 is 0 Å².